The molecule has 0 bridgehead atoms. The number of hydrogen-bond donors (Lipinski definition) is 0. The van der Waals surface area contributed by atoms with Crippen LogP contribution in [0.15, 0.2) is 41.9 Å². The fourth-order valence-corrected chi connectivity index (χ4v) is 3.53. The molecule has 1 atom stereocenters. The molecule has 1 unspecified atom stereocenters. The van der Waals surface area contributed by atoms with Gasteiger partial charge in [0.15, 0.2) is 0 Å². The van der Waals surface area contributed by atoms with Crippen LogP contribution in [0.1, 0.15) is 52.5 Å². The Morgan fingerprint density at radius 1 is 1.07 bits per heavy atom. The molecule has 1 aliphatic heterocycles. The van der Waals surface area contributed by atoms with Crippen molar-refractivity contribution >= 4 is 13.3 Å². The number of alkyl halides is 1. The van der Waals surface area contributed by atoms with Crippen molar-refractivity contribution in [3.63, 3.8) is 0 Å². The van der Waals surface area contributed by atoms with Gasteiger partial charge in [0.05, 0.1) is 17.9 Å². The van der Waals surface area contributed by atoms with Gasteiger partial charge in [-0.15, -0.1) is 0 Å². The van der Waals surface area contributed by atoms with Gasteiger partial charge in [-0.2, -0.15) is 9.59 Å². The van der Waals surface area contributed by atoms with E-state index in [0.717, 1.165) is 25.7 Å². The minimum Gasteiger partial charge on any atom is -0.400 e. The normalized spacial score (nSPS) is 25.8. The summed E-state index contributed by atoms with van der Waals surface area (Å²) < 4.78 is 26.2. The molecule has 0 amide bonds. The van der Waals surface area contributed by atoms with E-state index in [1.54, 1.807) is 0 Å². The quantitative estimate of drug-likeness (QED) is 0.736. The molecule has 3 rings (SSSR count). The first-order chi connectivity index (χ1) is 12.7. The molecule has 1 fully saturated rings. The first-order valence-electron chi connectivity index (χ1n) is 9.32. The minimum absolute atomic E-state index is 0.250. The number of hydrogen-bond acceptors (Lipinski definition) is 4. The number of carbonyl (C=O) groups excluding carboxylic acids is 2. The largest absolute Gasteiger partial charge is 0.490 e. The Bertz CT molecular complexity index is 679. The second-order valence-electron chi connectivity index (χ2n) is 8.45. The summed E-state index contributed by atoms with van der Waals surface area (Å²) in [6, 6.07) is 10.2. The van der Waals surface area contributed by atoms with Gasteiger partial charge in [0.25, 0.3) is 0 Å². The molecule has 146 valence electrons. The topological polar surface area (TPSA) is 52.6 Å². The predicted molar refractivity (Wildman–Crippen MR) is 102 cm³/mol. The average Bonchev–Trinajstić information content (AvgIpc) is 2.85. The highest BCUT2D eigenvalue weighted by Gasteiger charge is 2.52. The Balaban J connectivity index is 0.000000817. The van der Waals surface area contributed by atoms with E-state index in [4.69, 9.17) is 18.9 Å². The van der Waals surface area contributed by atoms with Crippen molar-refractivity contribution < 1.29 is 23.3 Å². The van der Waals surface area contributed by atoms with E-state index in [0.29, 0.717) is 0 Å². The predicted octanol–water partition coefficient (Wildman–Crippen LogP) is 4.34. The molecule has 6 heteroatoms. The molecule has 1 aliphatic carbocycles. The fraction of sp³-hybridized carbons (Fsp3) is 0.571. The van der Waals surface area contributed by atoms with Crippen LogP contribution < -0.4 is 0 Å². The fourth-order valence-electron chi connectivity index (χ4n) is 3.53. The zero-order valence-corrected chi connectivity index (χ0v) is 16.6. The van der Waals surface area contributed by atoms with Crippen LogP contribution in [0.3, 0.4) is 0 Å². The van der Waals surface area contributed by atoms with E-state index in [-0.39, 0.29) is 36.6 Å². The molecule has 0 radical (unpaired) electrons. The third-order valence-corrected chi connectivity index (χ3v) is 6.00. The van der Waals surface area contributed by atoms with Crippen molar-refractivity contribution in [1.82, 2.24) is 0 Å². The molecule has 0 spiro atoms. The highest BCUT2D eigenvalue weighted by molar-refractivity contribution is 6.54. The molecule has 1 saturated heterocycles. The summed E-state index contributed by atoms with van der Waals surface area (Å²) in [5.74, 6) is 0. The first kappa shape index (κ1) is 21.6. The van der Waals surface area contributed by atoms with Crippen LogP contribution in [0, 0.1) is 5.41 Å². The molecule has 1 aromatic rings. The maximum atomic E-state index is 13.9. The van der Waals surface area contributed by atoms with Gasteiger partial charge in [-0.3, -0.25) is 4.39 Å². The Labute approximate surface area is 161 Å². The molecule has 0 aromatic heterocycles. The minimum atomic E-state index is -0.322. The summed E-state index contributed by atoms with van der Waals surface area (Å²) in [5.41, 5.74) is 1.46. The van der Waals surface area contributed by atoms with E-state index >= 15 is 0 Å². The van der Waals surface area contributed by atoms with Gasteiger partial charge in [-0.05, 0) is 64.4 Å². The maximum Gasteiger partial charge on any atom is 0.490 e. The second kappa shape index (κ2) is 8.51. The molecule has 27 heavy (non-hydrogen) atoms. The lowest BCUT2D eigenvalue weighted by Gasteiger charge is -2.34. The highest BCUT2D eigenvalue weighted by Crippen LogP contribution is 2.44. The Morgan fingerprint density at radius 2 is 1.63 bits per heavy atom. The third kappa shape index (κ3) is 4.95. The highest BCUT2D eigenvalue weighted by atomic mass is 19.1. The molecular weight excluding hydrogens is 346 g/mol. The zero-order valence-electron chi connectivity index (χ0n) is 16.6. The molecule has 2 aliphatic rings. The molecule has 4 nitrogen and oxygen atoms in total. The van der Waals surface area contributed by atoms with E-state index in [9.17, 15) is 4.39 Å². The van der Waals surface area contributed by atoms with Crippen LogP contribution in [0.5, 0.6) is 0 Å². The lowest BCUT2D eigenvalue weighted by molar-refractivity contribution is -0.191. The summed E-state index contributed by atoms with van der Waals surface area (Å²) >= 11 is 0. The van der Waals surface area contributed by atoms with Crippen LogP contribution in [0.4, 0.5) is 4.39 Å². The van der Waals surface area contributed by atoms with Crippen molar-refractivity contribution in [2.45, 2.75) is 64.6 Å². The Hall–Kier alpha value is -1.75. The summed E-state index contributed by atoms with van der Waals surface area (Å²) in [4.78, 5) is 16.2. The smallest absolute Gasteiger partial charge is 0.400 e. The average molecular weight is 374 g/mol. The summed E-state index contributed by atoms with van der Waals surface area (Å²) in [7, 11) is -0.288. The van der Waals surface area contributed by atoms with Gasteiger partial charge in [0, 0.05) is 5.41 Å². The van der Waals surface area contributed by atoms with Crippen LogP contribution in [0.2, 0.25) is 0 Å². The van der Waals surface area contributed by atoms with Gasteiger partial charge < -0.3 is 9.31 Å². The number of halogens is 1. The lowest BCUT2D eigenvalue weighted by Crippen LogP contribution is -2.41. The molecule has 1 aromatic carbocycles. The van der Waals surface area contributed by atoms with E-state index in [2.05, 4.69) is 45.9 Å². The van der Waals surface area contributed by atoms with Crippen molar-refractivity contribution in [3.8, 4) is 0 Å². The van der Waals surface area contributed by atoms with Crippen molar-refractivity contribution in [2.24, 2.45) is 5.41 Å². The van der Waals surface area contributed by atoms with E-state index in [1.165, 1.54) is 11.0 Å². The monoisotopic (exact) mass is 374 g/mol. The van der Waals surface area contributed by atoms with Crippen molar-refractivity contribution in [2.75, 3.05) is 6.67 Å². The van der Waals surface area contributed by atoms with Crippen molar-refractivity contribution in [1.29, 1.82) is 0 Å². The van der Waals surface area contributed by atoms with Gasteiger partial charge in [0.1, 0.15) is 0 Å². The number of allylic oxidation sites excluding steroid dienone is 2. The summed E-state index contributed by atoms with van der Waals surface area (Å²) in [6.07, 6.45) is 5.63. The molecular formula is C21H28BFO4. The molecule has 0 N–H and O–H groups in total. The standard InChI is InChI=1S/C20H28BFO2.CO2/c1-18(2)19(3,4)24-21(23-18)17-10-12-20(15-22,13-11-17)14-16-8-6-5-7-9-16;2-1-3/h5-10H,11-15H2,1-4H3;. The SMILES string of the molecule is CC1(C)OB(C2=CCC(CF)(Cc3ccccc3)CC2)OC1(C)C.O=C=O. The second-order valence-corrected chi connectivity index (χ2v) is 8.45. The van der Waals surface area contributed by atoms with E-state index in [1.807, 2.05) is 18.2 Å². The van der Waals surface area contributed by atoms with Crippen molar-refractivity contribution in [3.05, 3.63) is 47.4 Å². The number of benzene rings is 1. The van der Waals surface area contributed by atoms with Crippen LogP contribution >= 0.6 is 0 Å². The van der Waals surface area contributed by atoms with Crippen LogP contribution in [-0.4, -0.2) is 31.1 Å². The lowest BCUT2D eigenvalue weighted by atomic mass is 9.64. The van der Waals surface area contributed by atoms with Crippen LogP contribution in [-0.2, 0) is 25.3 Å². The molecule has 0 saturated carbocycles. The summed E-state index contributed by atoms with van der Waals surface area (Å²) in [5, 5.41) is 0. The van der Waals surface area contributed by atoms with Gasteiger partial charge in [0.2, 0.25) is 0 Å². The maximum absolute atomic E-state index is 13.9. The van der Waals surface area contributed by atoms with E-state index < -0.39 is 0 Å². The number of rotatable bonds is 4. The third-order valence-electron chi connectivity index (χ3n) is 6.00. The molecule has 1 heterocycles. The first-order valence-corrected chi connectivity index (χ1v) is 9.32. The summed E-state index contributed by atoms with van der Waals surface area (Å²) in [6.45, 7) is 7.99. The van der Waals surface area contributed by atoms with Crippen LogP contribution in [0.25, 0.3) is 0 Å². The Kier molecular flexibility index (Phi) is 6.80. The Morgan fingerprint density at radius 3 is 2.07 bits per heavy atom. The van der Waals surface area contributed by atoms with Gasteiger partial charge in [-0.25, -0.2) is 0 Å². The zero-order chi connectivity index (χ0) is 20.1. The van der Waals surface area contributed by atoms with Gasteiger partial charge >= 0.3 is 13.3 Å². The van der Waals surface area contributed by atoms with Gasteiger partial charge in [-0.1, -0.05) is 36.4 Å².